The van der Waals surface area contributed by atoms with Crippen LogP contribution in [0.15, 0.2) is 18.2 Å². The summed E-state index contributed by atoms with van der Waals surface area (Å²) in [6.45, 7) is 2.20. The van der Waals surface area contributed by atoms with E-state index in [1.165, 1.54) is 43.2 Å². The van der Waals surface area contributed by atoms with E-state index in [9.17, 15) is 0 Å². The van der Waals surface area contributed by atoms with Crippen molar-refractivity contribution >= 4 is 0 Å². The molecule has 1 aliphatic rings. The molecule has 2 rings (SSSR count). The van der Waals surface area contributed by atoms with Gasteiger partial charge in [0, 0.05) is 0 Å². The maximum atomic E-state index is 3.56. The van der Waals surface area contributed by atoms with Crippen LogP contribution in [0.5, 0.6) is 0 Å². The van der Waals surface area contributed by atoms with Crippen LogP contribution < -0.4 is 0 Å². The van der Waals surface area contributed by atoms with Crippen molar-refractivity contribution in [2.24, 2.45) is 0 Å². The largest absolute Gasteiger partial charge is 0.0617 e. The monoisotopic (exact) mass is 187 g/mol. The molecule has 0 spiro atoms. The molecular formula is C14H19. The Kier molecular flexibility index (Phi) is 3.23. The Balaban J connectivity index is 2.13. The highest BCUT2D eigenvalue weighted by molar-refractivity contribution is 5.25. The second-order valence-corrected chi connectivity index (χ2v) is 4.32. The van der Waals surface area contributed by atoms with Gasteiger partial charge < -0.3 is 0 Å². The summed E-state index contributed by atoms with van der Waals surface area (Å²) in [6.07, 6.45) is 8.13. The van der Waals surface area contributed by atoms with Gasteiger partial charge in [-0.15, -0.1) is 0 Å². The summed E-state index contributed by atoms with van der Waals surface area (Å²) in [5.74, 6) is 0.801. The molecule has 75 valence electrons. The van der Waals surface area contributed by atoms with E-state index in [0.29, 0.717) is 0 Å². The first kappa shape index (κ1) is 9.76. The van der Waals surface area contributed by atoms with E-state index in [0.717, 1.165) is 12.3 Å². The van der Waals surface area contributed by atoms with Gasteiger partial charge >= 0.3 is 0 Å². The Morgan fingerprint density at radius 2 is 2.00 bits per heavy atom. The lowest BCUT2D eigenvalue weighted by molar-refractivity contribution is 0.443. The van der Waals surface area contributed by atoms with E-state index < -0.39 is 0 Å². The Morgan fingerprint density at radius 3 is 2.71 bits per heavy atom. The van der Waals surface area contributed by atoms with E-state index in [4.69, 9.17) is 0 Å². The lowest BCUT2D eigenvalue weighted by Crippen LogP contribution is -2.04. The molecule has 0 amide bonds. The van der Waals surface area contributed by atoms with Crippen LogP contribution in [0, 0.1) is 6.07 Å². The molecule has 0 nitrogen and oxygen atoms in total. The molecule has 0 atom stereocenters. The fourth-order valence-corrected chi connectivity index (χ4v) is 2.39. The average molecular weight is 187 g/mol. The van der Waals surface area contributed by atoms with Crippen molar-refractivity contribution in [1.82, 2.24) is 0 Å². The van der Waals surface area contributed by atoms with Crippen molar-refractivity contribution in [3.05, 3.63) is 35.4 Å². The maximum absolute atomic E-state index is 3.56. The van der Waals surface area contributed by atoms with Crippen LogP contribution in [0.4, 0.5) is 0 Å². The minimum absolute atomic E-state index is 0.801. The summed E-state index contributed by atoms with van der Waals surface area (Å²) in [6, 6.07) is 10.2. The minimum Gasteiger partial charge on any atom is -0.0617 e. The number of hydrogen-bond acceptors (Lipinski definition) is 0. The van der Waals surface area contributed by atoms with Crippen LogP contribution in [0.3, 0.4) is 0 Å². The number of aryl methyl sites for hydroxylation is 1. The highest BCUT2D eigenvalue weighted by Gasteiger charge is 2.15. The molecule has 14 heavy (non-hydrogen) atoms. The molecular weight excluding hydrogens is 168 g/mol. The molecule has 1 radical (unpaired) electrons. The molecule has 0 heterocycles. The molecule has 1 saturated carbocycles. The van der Waals surface area contributed by atoms with Gasteiger partial charge in [0.1, 0.15) is 0 Å². The topological polar surface area (TPSA) is 0 Å². The summed E-state index contributed by atoms with van der Waals surface area (Å²) in [5.41, 5.74) is 2.83. The second-order valence-electron chi connectivity index (χ2n) is 4.32. The number of benzene rings is 1. The summed E-state index contributed by atoms with van der Waals surface area (Å²) in [5, 5.41) is 0. The van der Waals surface area contributed by atoms with Gasteiger partial charge in [0.05, 0.1) is 0 Å². The molecule has 1 aromatic carbocycles. The van der Waals surface area contributed by atoms with Crippen LogP contribution in [-0.2, 0) is 6.42 Å². The number of rotatable bonds is 2. The molecule has 0 bridgehead atoms. The first-order valence-electron chi connectivity index (χ1n) is 5.91. The van der Waals surface area contributed by atoms with Crippen LogP contribution in [-0.4, -0.2) is 0 Å². The predicted octanol–water partition coefficient (Wildman–Crippen LogP) is 4.10. The van der Waals surface area contributed by atoms with E-state index in [1.807, 2.05) is 0 Å². The first-order valence-corrected chi connectivity index (χ1v) is 5.91. The number of hydrogen-bond donors (Lipinski definition) is 0. The highest BCUT2D eigenvalue weighted by atomic mass is 14.2. The molecule has 1 aliphatic carbocycles. The Bertz CT molecular complexity index is 282. The van der Waals surface area contributed by atoms with Crippen LogP contribution in [0.2, 0.25) is 0 Å². The van der Waals surface area contributed by atoms with Gasteiger partial charge in [0.2, 0.25) is 0 Å². The van der Waals surface area contributed by atoms with E-state index in [1.54, 1.807) is 0 Å². The Morgan fingerprint density at radius 1 is 1.21 bits per heavy atom. The third-order valence-corrected chi connectivity index (χ3v) is 3.30. The lowest BCUT2D eigenvalue weighted by Gasteiger charge is -2.22. The normalized spacial score (nSPS) is 18.4. The molecule has 0 saturated heterocycles. The zero-order valence-electron chi connectivity index (χ0n) is 9.05. The standard InChI is InChI=1S/C14H19/c1-2-12-7-6-10-14(11-12)13-8-4-3-5-9-13/h6-7,10,13H,2-5,8-9H2,1H3. The molecule has 0 N–H and O–H groups in total. The summed E-state index contributed by atoms with van der Waals surface area (Å²) in [7, 11) is 0. The van der Waals surface area contributed by atoms with Crippen molar-refractivity contribution in [2.75, 3.05) is 0 Å². The lowest BCUT2D eigenvalue weighted by atomic mass is 9.83. The predicted molar refractivity (Wildman–Crippen MR) is 60.5 cm³/mol. The summed E-state index contributed by atoms with van der Waals surface area (Å²) < 4.78 is 0. The van der Waals surface area contributed by atoms with Gasteiger partial charge in [0.15, 0.2) is 0 Å². The smallest absolute Gasteiger partial charge is 0.0111 e. The van der Waals surface area contributed by atoms with Crippen molar-refractivity contribution in [3.8, 4) is 0 Å². The van der Waals surface area contributed by atoms with Crippen molar-refractivity contribution in [1.29, 1.82) is 0 Å². The Labute approximate surface area is 87.3 Å². The van der Waals surface area contributed by atoms with Gasteiger partial charge in [-0.25, -0.2) is 0 Å². The Hall–Kier alpha value is -0.780. The fraction of sp³-hybridized carbons (Fsp3) is 0.571. The SMILES string of the molecule is CCc1[c]c(C2CCCCC2)ccc1. The zero-order valence-corrected chi connectivity index (χ0v) is 9.05. The molecule has 0 aliphatic heterocycles. The van der Waals surface area contributed by atoms with Crippen LogP contribution >= 0.6 is 0 Å². The van der Waals surface area contributed by atoms with Gasteiger partial charge in [-0.3, -0.25) is 0 Å². The fourth-order valence-electron chi connectivity index (χ4n) is 2.39. The van der Waals surface area contributed by atoms with Crippen LogP contribution in [0.1, 0.15) is 56.1 Å². The molecule has 0 unspecified atom stereocenters. The molecule has 0 heteroatoms. The van der Waals surface area contributed by atoms with Gasteiger partial charge in [-0.05, 0) is 42.4 Å². The second kappa shape index (κ2) is 4.63. The minimum atomic E-state index is 0.801. The van der Waals surface area contributed by atoms with E-state index >= 15 is 0 Å². The molecule has 1 aromatic rings. The first-order chi connectivity index (χ1) is 6.90. The third kappa shape index (κ3) is 2.17. The van der Waals surface area contributed by atoms with Crippen LogP contribution in [0.25, 0.3) is 0 Å². The van der Waals surface area contributed by atoms with Crippen molar-refractivity contribution in [3.63, 3.8) is 0 Å². The maximum Gasteiger partial charge on any atom is -0.0111 e. The average Bonchev–Trinajstić information content (AvgIpc) is 2.30. The quantitative estimate of drug-likeness (QED) is 0.654. The molecule has 0 aromatic heterocycles. The molecule has 1 fully saturated rings. The summed E-state index contributed by atoms with van der Waals surface area (Å²) >= 11 is 0. The third-order valence-electron chi connectivity index (χ3n) is 3.30. The van der Waals surface area contributed by atoms with Gasteiger partial charge in [-0.2, -0.15) is 0 Å². The zero-order chi connectivity index (χ0) is 9.80. The van der Waals surface area contributed by atoms with Gasteiger partial charge in [-0.1, -0.05) is 44.4 Å². The van der Waals surface area contributed by atoms with Crippen molar-refractivity contribution in [2.45, 2.75) is 51.4 Å². The summed E-state index contributed by atoms with van der Waals surface area (Å²) in [4.78, 5) is 0. The van der Waals surface area contributed by atoms with Gasteiger partial charge in [0.25, 0.3) is 0 Å². The van der Waals surface area contributed by atoms with Crippen molar-refractivity contribution < 1.29 is 0 Å². The van der Waals surface area contributed by atoms with E-state index in [2.05, 4.69) is 31.2 Å². The highest BCUT2D eigenvalue weighted by Crippen LogP contribution is 2.32. The van der Waals surface area contributed by atoms with E-state index in [-0.39, 0.29) is 0 Å².